The molecule has 0 atom stereocenters. The Morgan fingerprint density at radius 1 is 0.725 bits per heavy atom. The molecule has 0 fully saturated rings. The second-order valence-corrected chi connectivity index (χ2v) is 10.3. The molecule has 0 aliphatic heterocycles. The molecule has 1 aliphatic carbocycles. The van der Waals surface area contributed by atoms with Crippen LogP contribution in [0.2, 0.25) is 0 Å². The predicted molar refractivity (Wildman–Crippen MR) is 163 cm³/mol. The fraction of sp³-hybridized carbons (Fsp3) is 0.0345. The number of allylic oxidation sites excluding steroid dienone is 1. The summed E-state index contributed by atoms with van der Waals surface area (Å²) in [6, 6.07) is 29.0. The van der Waals surface area contributed by atoms with Crippen LogP contribution in [-0.4, -0.2) is 27.0 Å². The number of thiophene rings is 1. The Bertz CT molecular complexity index is 1710. The Labute approximate surface area is 242 Å². The SMILES string of the molecule is O=[N+]([O-])c1ccccc1-c1csc2ccccc12.O=[N+]([O-])c1ccccc1Br.OB(O)C1=CCc2ccccc21. The summed E-state index contributed by atoms with van der Waals surface area (Å²) in [5.74, 6) is 0. The Morgan fingerprint density at radius 2 is 1.30 bits per heavy atom. The Hall–Kier alpha value is -4.16. The standard InChI is InChI=1S/C14H9NO2S.C9H9BO2.C6H4BrNO2/c16-15(17)13-7-3-1-5-10(13)12-9-18-14-8-4-2-6-11(12)14;11-10(12)9-6-5-7-3-1-2-4-8(7)9;7-5-3-1-2-4-6(5)8(9)10/h1-9H;1-4,6,11-12H,5H2;1-4H. The van der Waals surface area contributed by atoms with E-state index >= 15 is 0 Å². The highest BCUT2D eigenvalue weighted by molar-refractivity contribution is 9.10. The van der Waals surface area contributed by atoms with E-state index in [1.165, 1.54) is 11.6 Å². The fourth-order valence-electron chi connectivity index (χ4n) is 4.20. The maximum atomic E-state index is 11.1. The van der Waals surface area contributed by atoms with Crippen LogP contribution in [-0.2, 0) is 6.42 Å². The smallest absolute Gasteiger partial charge is 0.423 e. The number of rotatable bonds is 4. The van der Waals surface area contributed by atoms with E-state index in [1.807, 2.05) is 66.1 Å². The Kier molecular flexibility index (Phi) is 9.57. The first kappa shape index (κ1) is 28.8. The van der Waals surface area contributed by atoms with Crippen molar-refractivity contribution in [3.8, 4) is 11.1 Å². The molecular weight excluding hydrogens is 595 g/mol. The van der Waals surface area contributed by atoms with Crippen LogP contribution in [0.5, 0.6) is 0 Å². The lowest BCUT2D eigenvalue weighted by atomic mass is 9.76. The van der Waals surface area contributed by atoms with Crippen molar-refractivity contribution < 1.29 is 19.9 Å². The Morgan fingerprint density at radius 3 is 1.95 bits per heavy atom. The second-order valence-electron chi connectivity index (χ2n) is 8.52. The van der Waals surface area contributed by atoms with E-state index < -0.39 is 12.0 Å². The summed E-state index contributed by atoms with van der Waals surface area (Å²) < 4.78 is 1.66. The quantitative estimate of drug-likeness (QED) is 0.122. The summed E-state index contributed by atoms with van der Waals surface area (Å²) in [6.45, 7) is 0. The first-order valence-electron chi connectivity index (χ1n) is 12.0. The molecule has 40 heavy (non-hydrogen) atoms. The molecule has 0 radical (unpaired) electrons. The van der Waals surface area contributed by atoms with E-state index in [0.29, 0.717) is 15.5 Å². The van der Waals surface area contributed by atoms with Gasteiger partial charge in [-0.2, -0.15) is 0 Å². The third-order valence-corrected chi connectivity index (χ3v) is 7.70. The molecule has 0 unspecified atom stereocenters. The predicted octanol–water partition coefficient (Wildman–Crippen LogP) is 7.47. The van der Waals surface area contributed by atoms with Gasteiger partial charge in [0.25, 0.3) is 11.4 Å². The average Bonchev–Trinajstić information content (AvgIpc) is 3.59. The van der Waals surface area contributed by atoms with E-state index in [1.54, 1.807) is 47.7 Å². The van der Waals surface area contributed by atoms with Gasteiger partial charge < -0.3 is 10.0 Å². The van der Waals surface area contributed by atoms with Crippen molar-refractivity contribution in [2.24, 2.45) is 0 Å². The van der Waals surface area contributed by atoms with Gasteiger partial charge in [0.2, 0.25) is 0 Å². The number of hydrogen-bond donors (Lipinski definition) is 2. The van der Waals surface area contributed by atoms with E-state index in [0.717, 1.165) is 27.6 Å². The van der Waals surface area contributed by atoms with Gasteiger partial charge in [0.05, 0.1) is 19.9 Å². The van der Waals surface area contributed by atoms with E-state index in [9.17, 15) is 20.2 Å². The van der Waals surface area contributed by atoms with Gasteiger partial charge in [-0.1, -0.05) is 72.8 Å². The van der Waals surface area contributed by atoms with Crippen LogP contribution in [0.4, 0.5) is 11.4 Å². The van der Waals surface area contributed by atoms with Crippen molar-refractivity contribution in [1.82, 2.24) is 0 Å². The maximum absolute atomic E-state index is 11.1. The summed E-state index contributed by atoms with van der Waals surface area (Å²) in [7, 11) is -1.34. The number of hydrogen-bond acceptors (Lipinski definition) is 7. The minimum atomic E-state index is -1.34. The molecule has 0 saturated heterocycles. The monoisotopic (exact) mass is 616 g/mol. The minimum absolute atomic E-state index is 0.0995. The van der Waals surface area contributed by atoms with Crippen LogP contribution >= 0.6 is 27.3 Å². The molecule has 0 amide bonds. The number of para-hydroxylation sites is 2. The van der Waals surface area contributed by atoms with Crippen molar-refractivity contribution in [3.05, 3.63) is 144 Å². The normalized spacial score (nSPS) is 11.3. The molecule has 11 heteroatoms. The lowest BCUT2D eigenvalue weighted by Gasteiger charge is -2.02. The highest BCUT2D eigenvalue weighted by atomic mass is 79.9. The van der Waals surface area contributed by atoms with Crippen molar-refractivity contribution in [3.63, 3.8) is 0 Å². The van der Waals surface area contributed by atoms with Crippen molar-refractivity contribution >= 4 is 61.3 Å². The van der Waals surface area contributed by atoms with Crippen molar-refractivity contribution in [1.29, 1.82) is 0 Å². The van der Waals surface area contributed by atoms with Crippen molar-refractivity contribution in [2.75, 3.05) is 0 Å². The van der Waals surface area contributed by atoms with Crippen LogP contribution in [0, 0.1) is 20.2 Å². The van der Waals surface area contributed by atoms with Crippen LogP contribution in [0.25, 0.3) is 26.7 Å². The summed E-state index contributed by atoms with van der Waals surface area (Å²) in [4.78, 5) is 20.5. The van der Waals surface area contributed by atoms with Crippen LogP contribution in [0.15, 0.2) is 113 Å². The molecule has 1 aliphatic rings. The molecule has 0 spiro atoms. The zero-order valence-electron chi connectivity index (χ0n) is 20.9. The zero-order valence-corrected chi connectivity index (χ0v) is 23.3. The van der Waals surface area contributed by atoms with Gasteiger partial charge in [-0.05, 0) is 57.1 Å². The van der Waals surface area contributed by atoms with Gasteiger partial charge in [0.15, 0.2) is 0 Å². The van der Waals surface area contributed by atoms with E-state index in [2.05, 4.69) is 15.9 Å². The molecule has 0 bridgehead atoms. The number of nitrogens with zero attached hydrogens (tertiary/aromatic N) is 2. The third-order valence-electron chi connectivity index (χ3n) is 6.07. The van der Waals surface area contributed by atoms with Gasteiger partial charge >= 0.3 is 7.12 Å². The molecule has 1 heterocycles. The molecule has 6 rings (SSSR count). The summed E-state index contributed by atoms with van der Waals surface area (Å²) in [5.41, 5.74) is 4.63. The zero-order chi connectivity index (χ0) is 28.6. The lowest BCUT2D eigenvalue weighted by Crippen LogP contribution is -2.12. The molecular formula is C29H22BBrN2O6S. The van der Waals surface area contributed by atoms with Gasteiger partial charge in [-0.15, -0.1) is 11.3 Å². The minimum Gasteiger partial charge on any atom is -0.423 e. The summed E-state index contributed by atoms with van der Waals surface area (Å²) in [5, 5.41) is 42.3. The maximum Gasteiger partial charge on any atom is 0.488 e. The molecule has 8 nitrogen and oxygen atoms in total. The largest absolute Gasteiger partial charge is 0.488 e. The summed E-state index contributed by atoms with van der Waals surface area (Å²) >= 11 is 4.66. The fourth-order valence-corrected chi connectivity index (χ4v) is 5.59. The average molecular weight is 617 g/mol. The molecule has 200 valence electrons. The highest BCUT2D eigenvalue weighted by Crippen LogP contribution is 2.38. The third kappa shape index (κ3) is 6.70. The number of nitro groups is 2. The number of fused-ring (bicyclic) bond motifs is 2. The van der Waals surface area contributed by atoms with Crippen molar-refractivity contribution in [2.45, 2.75) is 6.42 Å². The van der Waals surface area contributed by atoms with Gasteiger partial charge in [-0.3, -0.25) is 20.2 Å². The molecule has 1 aromatic heterocycles. The molecule has 5 aromatic rings. The van der Waals surface area contributed by atoms with E-state index in [-0.39, 0.29) is 16.3 Å². The molecule has 0 saturated carbocycles. The summed E-state index contributed by atoms with van der Waals surface area (Å²) in [6.07, 6.45) is 2.67. The first-order chi connectivity index (χ1) is 19.3. The second kappa shape index (κ2) is 13.3. The topological polar surface area (TPSA) is 127 Å². The van der Waals surface area contributed by atoms with Gasteiger partial charge in [-0.25, -0.2) is 0 Å². The van der Waals surface area contributed by atoms with Crippen LogP contribution in [0.3, 0.4) is 0 Å². The first-order valence-corrected chi connectivity index (χ1v) is 13.7. The lowest BCUT2D eigenvalue weighted by molar-refractivity contribution is -0.385. The molecule has 2 N–H and O–H groups in total. The number of halogens is 1. The van der Waals surface area contributed by atoms with Gasteiger partial charge in [0, 0.05) is 33.2 Å². The van der Waals surface area contributed by atoms with Crippen LogP contribution < -0.4 is 0 Å². The molecule has 4 aromatic carbocycles. The number of nitro benzene ring substituents is 2. The van der Waals surface area contributed by atoms with Gasteiger partial charge in [0.1, 0.15) is 0 Å². The number of benzene rings is 4. The Balaban J connectivity index is 0.000000147. The van der Waals surface area contributed by atoms with Crippen LogP contribution in [0.1, 0.15) is 11.1 Å². The van der Waals surface area contributed by atoms with E-state index in [4.69, 9.17) is 10.0 Å². The highest BCUT2D eigenvalue weighted by Gasteiger charge is 2.22.